The van der Waals surface area contributed by atoms with Crippen LogP contribution in [0.4, 0.5) is 21.5 Å². The smallest absolute Gasteiger partial charge is 0.352 e. The van der Waals surface area contributed by atoms with E-state index >= 15 is 0 Å². The summed E-state index contributed by atoms with van der Waals surface area (Å²) in [6, 6.07) is 16.2. The van der Waals surface area contributed by atoms with E-state index in [9.17, 15) is 9.18 Å². The summed E-state index contributed by atoms with van der Waals surface area (Å²) < 4.78 is 19.8. The molecule has 0 unspecified atom stereocenters. The average molecular weight is 412 g/mol. The zero-order valence-electron chi connectivity index (χ0n) is 14.9. The maximum Gasteiger partial charge on any atom is 0.352 e. The summed E-state index contributed by atoms with van der Waals surface area (Å²) in [4.78, 5) is 13.8. The number of carboxylic acid groups (broad SMARTS) is 1. The quantitative estimate of drug-likeness (QED) is 0.312. The third-order valence-electron chi connectivity index (χ3n) is 4.27. The minimum atomic E-state index is -1.17. The number of ether oxygens (including phenoxy) is 1. The molecule has 0 atom stereocenters. The zero-order valence-corrected chi connectivity index (χ0v) is 15.6. The monoisotopic (exact) mass is 411 g/mol. The van der Waals surface area contributed by atoms with Gasteiger partial charge in [-0.3, -0.25) is 0 Å². The number of aromatic nitrogens is 1. The lowest BCUT2D eigenvalue weighted by Crippen LogP contribution is -1.95. The maximum absolute atomic E-state index is 14.0. The summed E-state index contributed by atoms with van der Waals surface area (Å²) in [5.74, 6) is -0.706. The maximum atomic E-state index is 14.0. The third-order valence-corrected chi connectivity index (χ3v) is 4.57. The van der Waals surface area contributed by atoms with Gasteiger partial charge in [0.15, 0.2) is 0 Å². The van der Waals surface area contributed by atoms with Crippen LogP contribution in [0.3, 0.4) is 0 Å². The van der Waals surface area contributed by atoms with Crippen LogP contribution in [0.1, 0.15) is 10.5 Å². The molecule has 0 radical (unpaired) electrons. The molecular weight excluding hydrogens is 397 g/mol. The van der Waals surface area contributed by atoms with Crippen molar-refractivity contribution in [3.05, 3.63) is 77.2 Å². The molecule has 0 spiro atoms. The molecule has 0 aliphatic heterocycles. The first-order chi connectivity index (χ1) is 13.9. The van der Waals surface area contributed by atoms with Crippen LogP contribution in [0.2, 0.25) is 5.02 Å². The van der Waals surface area contributed by atoms with Crippen molar-refractivity contribution in [1.82, 2.24) is 4.98 Å². The van der Waals surface area contributed by atoms with Crippen LogP contribution in [0.15, 0.2) is 60.7 Å². The number of halogens is 2. The number of nitrogen functional groups attached to an aromatic ring is 1. The van der Waals surface area contributed by atoms with Gasteiger partial charge in [-0.05, 0) is 48.5 Å². The van der Waals surface area contributed by atoms with Crippen molar-refractivity contribution in [2.24, 2.45) is 0 Å². The Bertz CT molecular complexity index is 1240. The number of hydrogen-bond donors (Lipinski definition) is 4. The van der Waals surface area contributed by atoms with Gasteiger partial charge in [0.05, 0.1) is 10.5 Å². The van der Waals surface area contributed by atoms with Gasteiger partial charge < -0.3 is 25.9 Å². The van der Waals surface area contributed by atoms with Gasteiger partial charge in [0.1, 0.15) is 23.0 Å². The minimum Gasteiger partial charge on any atom is -0.477 e. The lowest BCUT2D eigenvalue weighted by atomic mass is 10.2. The van der Waals surface area contributed by atoms with Crippen LogP contribution in [0.25, 0.3) is 10.9 Å². The third kappa shape index (κ3) is 3.81. The molecule has 4 rings (SSSR count). The molecule has 3 aromatic carbocycles. The van der Waals surface area contributed by atoms with Crippen molar-refractivity contribution >= 4 is 45.5 Å². The van der Waals surface area contributed by atoms with Gasteiger partial charge in [-0.25, -0.2) is 9.18 Å². The van der Waals surface area contributed by atoms with Crippen LogP contribution >= 0.6 is 11.6 Å². The summed E-state index contributed by atoms with van der Waals surface area (Å²) in [6.07, 6.45) is 0. The van der Waals surface area contributed by atoms with Gasteiger partial charge in [0.2, 0.25) is 0 Å². The molecule has 0 aliphatic rings. The van der Waals surface area contributed by atoms with Crippen molar-refractivity contribution < 1.29 is 19.0 Å². The molecule has 0 bridgehead atoms. The van der Waals surface area contributed by atoms with E-state index in [0.717, 1.165) is 0 Å². The zero-order chi connectivity index (χ0) is 20.5. The summed E-state index contributed by atoms with van der Waals surface area (Å²) in [5.41, 5.74) is 7.49. The number of carbonyl (C=O) groups is 1. The van der Waals surface area contributed by atoms with E-state index in [1.807, 2.05) is 0 Å². The molecule has 146 valence electrons. The Hall–Kier alpha value is -3.71. The first kappa shape index (κ1) is 18.6. The number of fused-ring (bicyclic) bond motifs is 1. The Labute approximate surface area is 169 Å². The molecule has 0 saturated heterocycles. The molecule has 0 saturated carbocycles. The van der Waals surface area contributed by atoms with E-state index < -0.39 is 11.8 Å². The lowest BCUT2D eigenvalue weighted by molar-refractivity contribution is 0.0691. The number of rotatable bonds is 5. The Morgan fingerprint density at radius 3 is 2.69 bits per heavy atom. The van der Waals surface area contributed by atoms with Crippen LogP contribution in [0.5, 0.6) is 11.5 Å². The van der Waals surface area contributed by atoms with E-state index in [1.54, 1.807) is 42.5 Å². The molecule has 1 heterocycles. The Kier molecular flexibility index (Phi) is 4.74. The van der Waals surface area contributed by atoms with Crippen molar-refractivity contribution in [2.45, 2.75) is 0 Å². The normalized spacial score (nSPS) is 10.8. The predicted molar refractivity (Wildman–Crippen MR) is 111 cm³/mol. The van der Waals surface area contributed by atoms with Gasteiger partial charge in [-0.15, -0.1) is 0 Å². The van der Waals surface area contributed by atoms with Crippen LogP contribution < -0.4 is 15.8 Å². The fourth-order valence-electron chi connectivity index (χ4n) is 2.93. The predicted octanol–water partition coefficient (Wildman–Crippen LogP) is 5.78. The highest BCUT2D eigenvalue weighted by atomic mass is 35.5. The number of carboxylic acids is 1. The Morgan fingerprint density at radius 1 is 1.14 bits per heavy atom. The minimum absolute atomic E-state index is 0.0999. The van der Waals surface area contributed by atoms with Gasteiger partial charge in [0, 0.05) is 28.5 Å². The molecule has 0 fully saturated rings. The summed E-state index contributed by atoms with van der Waals surface area (Å²) in [5, 5.41) is 13.0. The first-order valence-corrected chi connectivity index (χ1v) is 8.93. The first-order valence-electron chi connectivity index (χ1n) is 8.55. The number of anilines is 3. The number of benzene rings is 3. The van der Waals surface area contributed by atoms with E-state index in [2.05, 4.69) is 10.3 Å². The van der Waals surface area contributed by atoms with Crippen molar-refractivity contribution in [2.75, 3.05) is 11.1 Å². The van der Waals surface area contributed by atoms with E-state index in [1.165, 1.54) is 18.2 Å². The molecule has 4 aromatic rings. The fraction of sp³-hybridized carbons (Fsp3) is 0. The highest BCUT2D eigenvalue weighted by Crippen LogP contribution is 2.35. The molecule has 8 heteroatoms. The number of aromatic carboxylic acids is 1. The second kappa shape index (κ2) is 7.37. The van der Waals surface area contributed by atoms with Gasteiger partial charge in [0.25, 0.3) is 0 Å². The summed E-state index contributed by atoms with van der Waals surface area (Å²) >= 11 is 6.33. The topological polar surface area (TPSA) is 100 Å². The van der Waals surface area contributed by atoms with Crippen molar-refractivity contribution in [3.8, 4) is 11.5 Å². The molecule has 5 N–H and O–H groups in total. The summed E-state index contributed by atoms with van der Waals surface area (Å²) in [7, 11) is 0. The van der Waals surface area contributed by atoms with Gasteiger partial charge >= 0.3 is 5.97 Å². The standard InChI is InChI=1S/C21H15ClFN3O3/c22-15-9-12(4-7-19(15)29-13-3-1-2-11(24)8-13)25-17-6-5-16(23)20-14(17)10-18(26-20)21(27)28/h1-10,25-26H,24H2,(H,27,28). The lowest BCUT2D eigenvalue weighted by Gasteiger charge is -2.12. The Morgan fingerprint density at radius 2 is 1.97 bits per heavy atom. The van der Waals surface area contributed by atoms with E-state index in [4.69, 9.17) is 27.2 Å². The number of aromatic amines is 1. The number of nitrogens with one attached hydrogen (secondary N) is 2. The summed E-state index contributed by atoms with van der Waals surface area (Å²) in [6.45, 7) is 0. The Balaban J connectivity index is 1.62. The van der Waals surface area contributed by atoms with Gasteiger partial charge in [-0.2, -0.15) is 0 Å². The SMILES string of the molecule is Nc1cccc(Oc2ccc(Nc3ccc(F)c4[nH]c(C(=O)O)cc34)cc2Cl)c1. The van der Waals surface area contributed by atoms with Crippen LogP contribution in [-0.4, -0.2) is 16.1 Å². The van der Waals surface area contributed by atoms with Crippen LogP contribution in [-0.2, 0) is 0 Å². The van der Waals surface area contributed by atoms with Crippen LogP contribution in [0, 0.1) is 5.82 Å². The van der Waals surface area contributed by atoms with E-state index in [-0.39, 0.29) is 11.2 Å². The molecule has 6 nitrogen and oxygen atoms in total. The van der Waals surface area contributed by atoms with E-state index in [0.29, 0.717) is 39.0 Å². The van der Waals surface area contributed by atoms with Crippen molar-refractivity contribution in [3.63, 3.8) is 0 Å². The number of H-pyrrole nitrogens is 1. The largest absolute Gasteiger partial charge is 0.477 e. The molecule has 1 aromatic heterocycles. The highest BCUT2D eigenvalue weighted by Gasteiger charge is 2.14. The fourth-order valence-corrected chi connectivity index (χ4v) is 3.15. The second-order valence-corrected chi connectivity index (χ2v) is 6.72. The van der Waals surface area contributed by atoms with Crippen molar-refractivity contribution in [1.29, 1.82) is 0 Å². The second-order valence-electron chi connectivity index (χ2n) is 6.32. The molecule has 0 aliphatic carbocycles. The average Bonchev–Trinajstić information content (AvgIpc) is 3.13. The number of hydrogen-bond acceptors (Lipinski definition) is 4. The highest BCUT2D eigenvalue weighted by molar-refractivity contribution is 6.32. The molecule has 0 amide bonds. The number of nitrogens with two attached hydrogens (primary N) is 1. The van der Waals surface area contributed by atoms with Gasteiger partial charge in [-0.1, -0.05) is 17.7 Å². The molecular formula is C21H15ClFN3O3. The molecule has 29 heavy (non-hydrogen) atoms.